The Kier molecular flexibility index (Phi) is 4.97. The molecule has 0 spiro atoms. The minimum Gasteiger partial charge on any atom is -0.261 e. The summed E-state index contributed by atoms with van der Waals surface area (Å²) in [6, 6.07) is 4.31. The summed E-state index contributed by atoms with van der Waals surface area (Å²) in [5.74, 6) is 0.980. The third-order valence-corrected chi connectivity index (χ3v) is 5.35. The summed E-state index contributed by atoms with van der Waals surface area (Å²) in [6.07, 6.45) is 8.57. The second-order valence-electron chi connectivity index (χ2n) is 7.53. The van der Waals surface area contributed by atoms with Gasteiger partial charge >= 0.3 is 0 Å². The molecule has 0 fully saturated rings. The molecule has 0 radical (unpaired) electrons. The van der Waals surface area contributed by atoms with Crippen molar-refractivity contribution >= 4 is 0 Å². The first-order valence-corrected chi connectivity index (χ1v) is 9.94. The van der Waals surface area contributed by atoms with Crippen LogP contribution in [0, 0.1) is 0 Å². The van der Waals surface area contributed by atoms with Crippen LogP contribution in [-0.2, 0) is 19.3 Å². The van der Waals surface area contributed by atoms with Crippen LogP contribution in [0.1, 0.15) is 68.6 Å². The summed E-state index contributed by atoms with van der Waals surface area (Å²) in [6.45, 7) is 6.51. The normalized spacial score (nSPS) is 14.2. The van der Waals surface area contributed by atoms with Gasteiger partial charge in [0.15, 0.2) is 5.82 Å². The van der Waals surface area contributed by atoms with Gasteiger partial charge in [-0.1, -0.05) is 27.2 Å². The molecular weight excluding hydrogens is 336 g/mol. The van der Waals surface area contributed by atoms with Crippen LogP contribution < -0.4 is 0 Å². The topological polar surface area (TPSA) is 80.2 Å². The van der Waals surface area contributed by atoms with E-state index in [1.165, 1.54) is 41.6 Å². The molecule has 140 valence electrons. The number of fused-ring (bicyclic) bond motifs is 1. The maximum Gasteiger partial charge on any atom is 0.181 e. The van der Waals surface area contributed by atoms with Gasteiger partial charge in [-0.25, -0.2) is 5.10 Å². The first-order valence-electron chi connectivity index (χ1n) is 9.94. The fraction of sp³-hybridized carbons (Fsp3) is 0.476. The number of hydrogen-bond donors (Lipinski definition) is 1. The predicted molar refractivity (Wildman–Crippen MR) is 105 cm³/mol. The molecule has 0 saturated heterocycles. The first-order chi connectivity index (χ1) is 13.2. The van der Waals surface area contributed by atoms with Crippen molar-refractivity contribution in [2.45, 2.75) is 65.2 Å². The molecule has 1 aliphatic carbocycles. The minimum absolute atomic E-state index is 0.282. The zero-order chi connectivity index (χ0) is 18.8. The van der Waals surface area contributed by atoms with Crippen LogP contribution in [0.4, 0.5) is 0 Å². The summed E-state index contributed by atoms with van der Waals surface area (Å²) in [5.41, 5.74) is 8.24. The summed E-state index contributed by atoms with van der Waals surface area (Å²) in [7, 11) is 0. The quantitative estimate of drug-likeness (QED) is 0.701. The van der Waals surface area contributed by atoms with Crippen LogP contribution in [0.15, 0.2) is 18.3 Å². The van der Waals surface area contributed by atoms with Gasteiger partial charge in [0.2, 0.25) is 0 Å². The van der Waals surface area contributed by atoms with E-state index in [0.717, 1.165) is 36.2 Å². The second-order valence-corrected chi connectivity index (χ2v) is 7.53. The van der Waals surface area contributed by atoms with Crippen LogP contribution in [0.2, 0.25) is 0 Å². The number of H-pyrrole nitrogens is 1. The third-order valence-electron chi connectivity index (χ3n) is 5.35. The molecule has 6 heteroatoms. The molecule has 0 bridgehead atoms. The maximum atomic E-state index is 5.13. The molecule has 0 aromatic carbocycles. The monoisotopic (exact) mass is 362 g/mol. The lowest BCUT2D eigenvalue weighted by Gasteiger charge is -2.21. The van der Waals surface area contributed by atoms with Gasteiger partial charge in [-0.15, -0.1) is 5.10 Å². The summed E-state index contributed by atoms with van der Waals surface area (Å²) in [5, 5.41) is 14.9. The lowest BCUT2D eigenvalue weighted by atomic mass is 9.87. The average Bonchev–Trinajstić information content (AvgIpc) is 3.11. The molecule has 0 amide bonds. The van der Waals surface area contributed by atoms with E-state index in [1.54, 1.807) is 0 Å². The molecule has 0 unspecified atom stereocenters. The summed E-state index contributed by atoms with van der Waals surface area (Å²) >= 11 is 0. The van der Waals surface area contributed by atoms with E-state index in [9.17, 15) is 0 Å². The molecule has 0 aliphatic heterocycles. The molecule has 0 atom stereocenters. The SMILES string of the molecule is CCc1cc(-c2c3c(nc(C(C)C)c2-c2nnn[nH]2)CCCCC3)ccn1. The van der Waals surface area contributed by atoms with Crippen molar-refractivity contribution in [3.05, 3.63) is 41.0 Å². The number of aromatic nitrogens is 6. The Hall–Kier alpha value is -2.63. The number of pyridine rings is 2. The second kappa shape index (κ2) is 7.55. The highest BCUT2D eigenvalue weighted by Crippen LogP contribution is 2.41. The van der Waals surface area contributed by atoms with Gasteiger partial charge in [0, 0.05) is 17.6 Å². The van der Waals surface area contributed by atoms with Gasteiger partial charge in [-0.2, -0.15) is 0 Å². The van der Waals surface area contributed by atoms with Crippen molar-refractivity contribution in [2.75, 3.05) is 0 Å². The van der Waals surface area contributed by atoms with Gasteiger partial charge in [-0.05, 0) is 77.3 Å². The molecule has 1 N–H and O–H groups in total. The lowest BCUT2D eigenvalue weighted by molar-refractivity contribution is 0.706. The van der Waals surface area contributed by atoms with E-state index < -0.39 is 0 Å². The van der Waals surface area contributed by atoms with E-state index in [2.05, 4.69) is 58.5 Å². The van der Waals surface area contributed by atoms with E-state index in [0.29, 0.717) is 5.82 Å². The molecule has 27 heavy (non-hydrogen) atoms. The van der Waals surface area contributed by atoms with Crippen LogP contribution in [0.25, 0.3) is 22.5 Å². The molecule has 0 saturated carbocycles. The maximum absolute atomic E-state index is 5.13. The molecule has 4 rings (SSSR count). The Morgan fingerprint density at radius 3 is 2.70 bits per heavy atom. The van der Waals surface area contributed by atoms with Gasteiger partial charge in [-0.3, -0.25) is 9.97 Å². The van der Waals surface area contributed by atoms with Crippen molar-refractivity contribution in [3.8, 4) is 22.5 Å². The fourth-order valence-corrected chi connectivity index (χ4v) is 4.01. The van der Waals surface area contributed by atoms with Gasteiger partial charge in [0.05, 0.1) is 11.3 Å². The lowest BCUT2D eigenvalue weighted by Crippen LogP contribution is -2.09. The van der Waals surface area contributed by atoms with Crippen molar-refractivity contribution in [1.29, 1.82) is 0 Å². The Morgan fingerprint density at radius 1 is 1.11 bits per heavy atom. The first kappa shape index (κ1) is 17.8. The Labute approximate surface area is 159 Å². The summed E-state index contributed by atoms with van der Waals surface area (Å²) in [4.78, 5) is 9.63. The van der Waals surface area contributed by atoms with Crippen LogP contribution in [-0.4, -0.2) is 30.6 Å². The standard InChI is InChI=1S/C21H26N6/c1-4-15-12-14(10-11-22-15)18-16-8-6-5-7-9-17(16)23-20(13(2)3)19(18)21-24-26-27-25-21/h10-13H,4-9H2,1-3H3,(H,24,25,26,27). The number of aromatic amines is 1. The highest BCUT2D eigenvalue weighted by atomic mass is 15.5. The van der Waals surface area contributed by atoms with E-state index in [1.807, 2.05) is 6.20 Å². The van der Waals surface area contributed by atoms with Crippen molar-refractivity contribution in [2.24, 2.45) is 0 Å². The minimum atomic E-state index is 0.282. The van der Waals surface area contributed by atoms with E-state index in [-0.39, 0.29) is 5.92 Å². The Morgan fingerprint density at radius 2 is 1.96 bits per heavy atom. The van der Waals surface area contributed by atoms with Gasteiger partial charge in [0.25, 0.3) is 0 Å². The fourth-order valence-electron chi connectivity index (χ4n) is 4.01. The number of nitrogens with one attached hydrogen (secondary N) is 1. The van der Waals surface area contributed by atoms with Crippen molar-refractivity contribution < 1.29 is 0 Å². The summed E-state index contributed by atoms with van der Waals surface area (Å²) < 4.78 is 0. The average molecular weight is 362 g/mol. The smallest absolute Gasteiger partial charge is 0.181 e. The molecule has 3 aromatic rings. The van der Waals surface area contributed by atoms with Crippen LogP contribution in [0.5, 0.6) is 0 Å². The van der Waals surface area contributed by atoms with E-state index in [4.69, 9.17) is 4.98 Å². The Balaban J connectivity index is 2.07. The zero-order valence-corrected chi connectivity index (χ0v) is 16.3. The van der Waals surface area contributed by atoms with Gasteiger partial charge < -0.3 is 0 Å². The molecule has 3 heterocycles. The van der Waals surface area contributed by atoms with E-state index >= 15 is 0 Å². The third kappa shape index (κ3) is 3.36. The molecule has 6 nitrogen and oxygen atoms in total. The number of hydrogen-bond acceptors (Lipinski definition) is 5. The highest BCUT2D eigenvalue weighted by Gasteiger charge is 2.26. The Bertz CT molecular complexity index is 930. The zero-order valence-electron chi connectivity index (χ0n) is 16.3. The molecule has 3 aromatic heterocycles. The van der Waals surface area contributed by atoms with Crippen molar-refractivity contribution in [3.63, 3.8) is 0 Å². The van der Waals surface area contributed by atoms with Crippen LogP contribution in [0.3, 0.4) is 0 Å². The number of aryl methyl sites for hydroxylation is 2. The number of tetrazole rings is 1. The largest absolute Gasteiger partial charge is 0.261 e. The molecule has 1 aliphatic rings. The van der Waals surface area contributed by atoms with Crippen LogP contribution >= 0.6 is 0 Å². The number of rotatable bonds is 4. The van der Waals surface area contributed by atoms with Gasteiger partial charge in [0.1, 0.15) is 0 Å². The predicted octanol–water partition coefficient (Wildman–Crippen LogP) is 4.28. The number of nitrogens with zero attached hydrogens (tertiary/aromatic N) is 5. The highest BCUT2D eigenvalue weighted by molar-refractivity contribution is 5.85. The van der Waals surface area contributed by atoms with Crippen molar-refractivity contribution in [1.82, 2.24) is 30.6 Å². The molecular formula is C21H26N6.